The molecule has 0 aromatic carbocycles. The van der Waals surface area contributed by atoms with Gasteiger partial charge in [0.25, 0.3) is 0 Å². The number of nitrogens with zero attached hydrogens (tertiary/aromatic N) is 5. The highest BCUT2D eigenvalue weighted by atomic mass is 16.5. The summed E-state index contributed by atoms with van der Waals surface area (Å²) in [4.78, 5) is 38.1. The maximum atomic E-state index is 12.9. The van der Waals surface area contributed by atoms with Crippen LogP contribution in [0.2, 0.25) is 0 Å². The Morgan fingerprint density at radius 2 is 2.11 bits per heavy atom. The Morgan fingerprint density at radius 1 is 1.36 bits per heavy atom. The fraction of sp³-hybridized carbons (Fsp3) is 0.722. The molecule has 10 nitrogen and oxygen atoms in total. The summed E-state index contributed by atoms with van der Waals surface area (Å²) in [5.74, 6) is 1.57. The molecule has 1 heterocycles. The minimum absolute atomic E-state index is 0.101. The highest BCUT2D eigenvalue weighted by Crippen LogP contribution is 2.45. The van der Waals surface area contributed by atoms with Gasteiger partial charge in [-0.3, -0.25) is 25.6 Å². The van der Waals surface area contributed by atoms with Gasteiger partial charge in [0.1, 0.15) is 5.82 Å². The van der Waals surface area contributed by atoms with Crippen molar-refractivity contribution in [3.05, 3.63) is 5.82 Å². The molecule has 156 valence electrons. The third-order valence-corrected chi connectivity index (χ3v) is 5.40. The van der Waals surface area contributed by atoms with Crippen molar-refractivity contribution >= 4 is 24.2 Å². The van der Waals surface area contributed by atoms with Crippen LogP contribution in [0.3, 0.4) is 0 Å². The van der Waals surface area contributed by atoms with Crippen LogP contribution >= 0.6 is 0 Å². The van der Waals surface area contributed by atoms with Crippen molar-refractivity contribution in [3.8, 4) is 0 Å². The van der Waals surface area contributed by atoms with E-state index in [4.69, 9.17) is 0 Å². The van der Waals surface area contributed by atoms with Gasteiger partial charge in [-0.1, -0.05) is 20.3 Å². The third kappa shape index (κ3) is 5.28. The van der Waals surface area contributed by atoms with E-state index in [1.807, 2.05) is 27.9 Å². The molecule has 1 fully saturated rings. The van der Waals surface area contributed by atoms with E-state index in [0.29, 0.717) is 42.0 Å². The molecule has 0 radical (unpaired) electrons. The van der Waals surface area contributed by atoms with Gasteiger partial charge in [0, 0.05) is 27.1 Å². The van der Waals surface area contributed by atoms with Gasteiger partial charge in [0.15, 0.2) is 0 Å². The highest BCUT2D eigenvalue weighted by Gasteiger charge is 2.44. The van der Waals surface area contributed by atoms with Crippen LogP contribution in [0.15, 0.2) is 0 Å². The first-order valence-corrected chi connectivity index (χ1v) is 9.69. The summed E-state index contributed by atoms with van der Waals surface area (Å²) in [6.45, 7) is 4.20. The summed E-state index contributed by atoms with van der Waals surface area (Å²) >= 11 is 0. The number of rotatable bonds is 10. The number of hydrazine groups is 1. The summed E-state index contributed by atoms with van der Waals surface area (Å²) < 4.78 is 0. The lowest BCUT2D eigenvalue weighted by molar-refractivity contribution is -0.150. The van der Waals surface area contributed by atoms with Gasteiger partial charge in [0.05, 0.1) is 5.41 Å². The molecular formula is C18H31N7O3. The van der Waals surface area contributed by atoms with Crippen LogP contribution in [0.25, 0.3) is 0 Å². The van der Waals surface area contributed by atoms with Crippen molar-refractivity contribution in [3.63, 3.8) is 0 Å². The number of hydroxylamine groups is 2. The predicted molar refractivity (Wildman–Crippen MR) is 105 cm³/mol. The van der Waals surface area contributed by atoms with E-state index in [9.17, 15) is 14.8 Å². The van der Waals surface area contributed by atoms with Crippen LogP contribution in [-0.4, -0.2) is 58.2 Å². The molecule has 1 saturated carbocycles. The van der Waals surface area contributed by atoms with Crippen molar-refractivity contribution in [2.75, 3.05) is 31.0 Å². The molecule has 0 saturated heterocycles. The molecule has 0 spiro atoms. The Balaban J connectivity index is 1.99. The Morgan fingerprint density at radius 3 is 2.75 bits per heavy atom. The first-order chi connectivity index (χ1) is 13.3. The Hall–Kier alpha value is -2.49. The van der Waals surface area contributed by atoms with E-state index in [2.05, 4.69) is 25.8 Å². The zero-order valence-electron chi connectivity index (χ0n) is 17.1. The van der Waals surface area contributed by atoms with Crippen LogP contribution in [0, 0.1) is 11.3 Å². The van der Waals surface area contributed by atoms with Crippen LogP contribution in [-0.2, 0) is 16.0 Å². The van der Waals surface area contributed by atoms with Gasteiger partial charge >= 0.3 is 0 Å². The van der Waals surface area contributed by atoms with Crippen molar-refractivity contribution in [1.82, 2.24) is 25.4 Å². The number of hydrogen-bond acceptors (Lipinski definition) is 8. The SMILES string of the molecule is CCc1nc(NNC(=O)[C@]2(C)CCCC2CCCN(O)C=O)nc(N(C)C)n1. The minimum atomic E-state index is -0.514. The summed E-state index contributed by atoms with van der Waals surface area (Å²) in [6.07, 6.45) is 5.19. The van der Waals surface area contributed by atoms with Crippen molar-refractivity contribution < 1.29 is 14.8 Å². The number of amides is 2. The molecule has 1 unspecified atom stereocenters. The number of carbonyl (C=O) groups is 2. The van der Waals surface area contributed by atoms with Crippen LogP contribution < -0.4 is 15.8 Å². The standard InChI is InChI=1S/C18H31N7O3/c1-5-14-19-16(21-17(20-14)24(3)4)23-22-15(27)18(2)10-6-8-13(18)9-7-11-25(28)12-26/h12-13,28H,5-11H2,1-4H3,(H,22,27)(H,19,20,21,23)/t13?,18-/m1/s1. The topological polar surface area (TPSA) is 124 Å². The number of carbonyl (C=O) groups excluding carboxylic acids is 2. The van der Waals surface area contributed by atoms with Gasteiger partial charge < -0.3 is 4.90 Å². The Kier molecular flexibility index (Phi) is 7.50. The maximum Gasteiger partial charge on any atom is 0.246 e. The molecule has 10 heteroatoms. The predicted octanol–water partition coefficient (Wildman–Crippen LogP) is 1.38. The minimum Gasteiger partial charge on any atom is -0.347 e. The molecule has 2 rings (SSSR count). The van der Waals surface area contributed by atoms with Crippen LogP contribution in [0.1, 0.15) is 51.8 Å². The maximum absolute atomic E-state index is 12.9. The van der Waals surface area contributed by atoms with Gasteiger partial charge in [-0.25, -0.2) is 5.06 Å². The second-order valence-electron chi connectivity index (χ2n) is 7.62. The normalized spacial score (nSPS) is 21.2. The fourth-order valence-corrected chi connectivity index (χ4v) is 3.63. The van der Waals surface area contributed by atoms with Crippen LogP contribution in [0.4, 0.5) is 11.9 Å². The average Bonchev–Trinajstić information content (AvgIpc) is 3.07. The van der Waals surface area contributed by atoms with Crippen molar-refractivity contribution in [1.29, 1.82) is 0 Å². The number of hydrogen-bond donors (Lipinski definition) is 3. The summed E-state index contributed by atoms with van der Waals surface area (Å²) in [5, 5.41) is 9.88. The van der Waals surface area contributed by atoms with E-state index in [1.165, 1.54) is 0 Å². The van der Waals surface area contributed by atoms with E-state index in [1.54, 1.807) is 4.90 Å². The molecule has 0 aliphatic heterocycles. The largest absolute Gasteiger partial charge is 0.347 e. The second-order valence-corrected chi connectivity index (χ2v) is 7.62. The molecule has 1 aromatic rings. The van der Waals surface area contributed by atoms with Crippen LogP contribution in [0.5, 0.6) is 0 Å². The Bertz CT molecular complexity index is 685. The van der Waals surface area contributed by atoms with Gasteiger partial charge in [-0.05, 0) is 31.6 Å². The van der Waals surface area contributed by atoms with Gasteiger partial charge in [-0.2, -0.15) is 15.0 Å². The molecule has 1 aromatic heterocycles. The number of aryl methyl sites for hydroxylation is 1. The average molecular weight is 393 g/mol. The smallest absolute Gasteiger partial charge is 0.246 e. The zero-order valence-corrected chi connectivity index (χ0v) is 17.1. The number of nitrogens with one attached hydrogen (secondary N) is 2. The molecule has 1 aliphatic rings. The molecule has 3 N–H and O–H groups in total. The molecule has 2 atom stereocenters. The first-order valence-electron chi connectivity index (χ1n) is 9.69. The summed E-state index contributed by atoms with van der Waals surface area (Å²) in [6, 6.07) is 0. The van der Waals surface area contributed by atoms with Crippen molar-refractivity contribution in [2.45, 2.75) is 52.4 Å². The van der Waals surface area contributed by atoms with Gasteiger partial charge in [0.2, 0.25) is 24.2 Å². The lowest BCUT2D eigenvalue weighted by Gasteiger charge is -2.30. The van der Waals surface area contributed by atoms with E-state index >= 15 is 0 Å². The Labute approximate surface area is 165 Å². The van der Waals surface area contributed by atoms with E-state index in [-0.39, 0.29) is 18.4 Å². The lowest BCUT2D eigenvalue weighted by Crippen LogP contribution is -2.44. The summed E-state index contributed by atoms with van der Waals surface area (Å²) in [5.41, 5.74) is 5.09. The number of anilines is 2. The molecule has 28 heavy (non-hydrogen) atoms. The molecule has 1 aliphatic carbocycles. The molecule has 2 amide bonds. The summed E-state index contributed by atoms with van der Waals surface area (Å²) in [7, 11) is 3.69. The quantitative estimate of drug-likeness (QED) is 0.309. The van der Waals surface area contributed by atoms with Gasteiger partial charge in [-0.15, -0.1) is 0 Å². The monoisotopic (exact) mass is 393 g/mol. The first kappa shape index (κ1) is 21.8. The second kappa shape index (κ2) is 9.63. The lowest BCUT2D eigenvalue weighted by atomic mass is 9.77. The van der Waals surface area contributed by atoms with Crippen molar-refractivity contribution in [2.24, 2.45) is 11.3 Å². The third-order valence-electron chi connectivity index (χ3n) is 5.40. The van der Waals surface area contributed by atoms with E-state index < -0.39 is 5.41 Å². The zero-order chi connectivity index (χ0) is 20.7. The fourth-order valence-electron chi connectivity index (χ4n) is 3.63. The molecular weight excluding hydrogens is 362 g/mol. The highest BCUT2D eigenvalue weighted by molar-refractivity contribution is 5.83. The molecule has 0 bridgehead atoms. The van der Waals surface area contributed by atoms with E-state index in [0.717, 1.165) is 25.7 Å². The number of aromatic nitrogens is 3.